The van der Waals surface area contributed by atoms with Crippen molar-refractivity contribution < 1.29 is 4.79 Å². The van der Waals surface area contributed by atoms with Gasteiger partial charge in [0, 0.05) is 0 Å². The highest BCUT2D eigenvalue weighted by Crippen LogP contribution is 2.25. The van der Waals surface area contributed by atoms with Gasteiger partial charge in [0.05, 0.1) is 22.2 Å². The molecule has 0 aliphatic carbocycles. The monoisotopic (exact) mass is 393 g/mol. The van der Waals surface area contributed by atoms with E-state index in [4.69, 9.17) is 23.2 Å². The maximum Gasteiger partial charge on any atom is 0.360 e. The number of carbonyl (C=O) groups excluding carboxylic acids is 1. The molecule has 0 atom stereocenters. The molecular weight excluding hydrogens is 381 g/mol. The molecule has 0 aliphatic rings. The number of aromatic nitrogens is 2. The van der Waals surface area contributed by atoms with E-state index in [2.05, 4.69) is 10.3 Å². The van der Waals surface area contributed by atoms with Gasteiger partial charge in [-0.25, -0.2) is 8.75 Å². The predicted octanol–water partition coefficient (Wildman–Crippen LogP) is 4.22. The Balaban J connectivity index is 1.79. The second-order valence-electron chi connectivity index (χ2n) is 5.36. The number of rotatable bonds is 4. The van der Waals surface area contributed by atoms with Crippen molar-refractivity contribution in [2.45, 2.75) is 13.5 Å². The van der Waals surface area contributed by atoms with Gasteiger partial charge in [0.1, 0.15) is 0 Å². The fourth-order valence-electron chi connectivity index (χ4n) is 2.19. The van der Waals surface area contributed by atoms with Gasteiger partial charge in [-0.15, -0.1) is 0 Å². The van der Waals surface area contributed by atoms with E-state index in [0.717, 1.165) is 22.7 Å². The summed E-state index contributed by atoms with van der Waals surface area (Å²) in [5.41, 5.74) is 1.85. The van der Waals surface area contributed by atoms with Crippen LogP contribution in [0.15, 0.2) is 47.3 Å². The van der Waals surface area contributed by atoms with Crippen LogP contribution in [0.1, 0.15) is 21.5 Å². The molecule has 1 N–H and O–H groups in total. The van der Waals surface area contributed by atoms with Crippen LogP contribution in [0.25, 0.3) is 0 Å². The van der Waals surface area contributed by atoms with Gasteiger partial charge in [0.2, 0.25) is 5.13 Å². The highest BCUT2D eigenvalue weighted by Gasteiger charge is 2.17. The lowest BCUT2D eigenvalue weighted by atomic mass is 10.1. The normalized spacial score (nSPS) is 10.7. The van der Waals surface area contributed by atoms with E-state index in [1.807, 2.05) is 31.2 Å². The van der Waals surface area contributed by atoms with E-state index in [1.54, 1.807) is 18.2 Å². The third-order valence-corrected chi connectivity index (χ3v) is 4.97. The molecule has 1 amide bonds. The van der Waals surface area contributed by atoms with Gasteiger partial charge in [0.25, 0.3) is 5.91 Å². The van der Waals surface area contributed by atoms with Crippen molar-refractivity contribution in [2.24, 2.45) is 0 Å². The molecule has 0 saturated heterocycles. The molecule has 0 fully saturated rings. The average molecular weight is 394 g/mol. The summed E-state index contributed by atoms with van der Waals surface area (Å²) in [6, 6.07) is 12.6. The van der Waals surface area contributed by atoms with Crippen LogP contribution in [-0.2, 0) is 6.54 Å². The SMILES string of the molecule is Cc1ccc(Cn2sc(NC(=O)c3c(Cl)cccc3Cl)nc2=O)cc1. The van der Waals surface area contributed by atoms with Crippen molar-refractivity contribution >= 4 is 45.8 Å². The number of benzene rings is 2. The zero-order valence-corrected chi connectivity index (χ0v) is 15.5. The summed E-state index contributed by atoms with van der Waals surface area (Å²) in [5, 5.41) is 3.23. The summed E-state index contributed by atoms with van der Waals surface area (Å²) in [5.74, 6) is -0.508. The lowest BCUT2D eigenvalue weighted by Crippen LogP contribution is -2.16. The minimum Gasteiger partial charge on any atom is -0.296 e. The Bertz CT molecular complexity index is 960. The molecule has 0 bridgehead atoms. The number of nitrogens with one attached hydrogen (secondary N) is 1. The van der Waals surface area contributed by atoms with Crippen molar-refractivity contribution in [1.82, 2.24) is 8.94 Å². The number of nitrogens with zero attached hydrogens (tertiary/aromatic N) is 2. The maximum absolute atomic E-state index is 12.3. The molecule has 1 heterocycles. The van der Waals surface area contributed by atoms with Gasteiger partial charge in [0.15, 0.2) is 0 Å². The van der Waals surface area contributed by atoms with Gasteiger partial charge in [-0.05, 0) is 36.2 Å². The van der Waals surface area contributed by atoms with E-state index in [-0.39, 0.29) is 20.7 Å². The van der Waals surface area contributed by atoms with Gasteiger partial charge in [-0.3, -0.25) is 10.1 Å². The molecule has 8 heteroatoms. The number of anilines is 1. The molecule has 2 aromatic carbocycles. The van der Waals surface area contributed by atoms with E-state index in [0.29, 0.717) is 6.54 Å². The maximum atomic E-state index is 12.3. The van der Waals surface area contributed by atoms with Crippen LogP contribution in [0.4, 0.5) is 5.13 Å². The van der Waals surface area contributed by atoms with Crippen LogP contribution in [0, 0.1) is 6.92 Å². The number of aryl methyl sites for hydroxylation is 1. The van der Waals surface area contributed by atoms with E-state index < -0.39 is 11.6 Å². The Morgan fingerprint density at radius 1 is 1.16 bits per heavy atom. The van der Waals surface area contributed by atoms with Crippen molar-refractivity contribution in [2.75, 3.05) is 5.32 Å². The second kappa shape index (κ2) is 7.39. The standard InChI is InChI=1S/C17H13Cl2N3O2S/c1-10-5-7-11(8-6-10)9-22-17(24)21-16(25-22)20-15(23)14-12(18)3-2-4-13(14)19/h2-8H,9H2,1H3,(H,20,21,23,24). The van der Waals surface area contributed by atoms with E-state index in [9.17, 15) is 9.59 Å². The van der Waals surface area contributed by atoms with Gasteiger partial charge in [-0.1, -0.05) is 59.1 Å². The van der Waals surface area contributed by atoms with Crippen molar-refractivity contribution in [3.8, 4) is 0 Å². The Morgan fingerprint density at radius 2 is 1.80 bits per heavy atom. The van der Waals surface area contributed by atoms with Crippen LogP contribution in [0.2, 0.25) is 10.0 Å². The summed E-state index contributed by atoms with van der Waals surface area (Å²) < 4.78 is 1.47. The molecular formula is C17H13Cl2N3O2S. The van der Waals surface area contributed by atoms with Crippen LogP contribution < -0.4 is 11.0 Å². The number of hydrogen-bond donors (Lipinski definition) is 1. The number of hydrogen-bond acceptors (Lipinski definition) is 4. The molecule has 128 valence electrons. The fourth-order valence-corrected chi connectivity index (χ4v) is 3.56. The zero-order chi connectivity index (χ0) is 18.0. The van der Waals surface area contributed by atoms with Crippen molar-refractivity contribution in [3.63, 3.8) is 0 Å². The number of carbonyl (C=O) groups is 1. The third kappa shape index (κ3) is 4.10. The van der Waals surface area contributed by atoms with Crippen molar-refractivity contribution in [1.29, 1.82) is 0 Å². The quantitative estimate of drug-likeness (QED) is 0.721. The van der Waals surface area contributed by atoms with Crippen LogP contribution >= 0.6 is 34.7 Å². The largest absolute Gasteiger partial charge is 0.360 e. The van der Waals surface area contributed by atoms with Crippen LogP contribution in [0.3, 0.4) is 0 Å². The second-order valence-corrected chi connectivity index (χ2v) is 7.19. The molecule has 0 radical (unpaired) electrons. The lowest BCUT2D eigenvalue weighted by Gasteiger charge is -2.05. The first kappa shape index (κ1) is 17.7. The highest BCUT2D eigenvalue weighted by atomic mass is 35.5. The molecule has 5 nitrogen and oxygen atoms in total. The summed E-state index contributed by atoms with van der Waals surface area (Å²) in [6.07, 6.45) is 0. The van der Waals surface area contributed by atoms with E-state index in [1.165, 1.54) is 3.96 Å². The minimum absolute atomic E-state index is 0.151. The zero-order valence-electron chi connectivity index (χ0n) is 13.1. The molecule has 0 spiro atoms. The van der Waals surface area contributed by atoms with Crippen molar-refractivity contribution in [3.05, 3.63) is 79.7 Å². The smallest absolute Gasteiger partial charge is 0.296 e. The summed E-state index contributed by atoms with van der Waals surface area (Å²) >= 11 is 13.1. The molecule has 0 saturated carbocycles. The summed E-state index contributed by atoms with van der Waals surface area (Å²) in [6.45, 7) is 2.38. The van der Waals surface area contributed by atoms with Gasteiger partial charge < -0.3 is 0 Å². The number of amides is 1. The molecule has 25 heavy (non-hydrogen) atoms. The number of halogens is 2. The average Bonchev–Trinajstić information content (AvgIpc) is 2.88. The molecule has 0 aliphatic heterocycles. The summed E-state index contributed by atoms with van der Waals surface area (Å²) in [4.78, 5) is 28.2. The van der Waals surface area contributed by atoms with Gasteiger partial charge in [-0.2, -0.15) is 4.98 Å². The Labute approximate surface area is 158 Å². The Hall–Kier alpha value is -2.15. The highest BCUT2D eigenvalue weighted by molar-refractivity contribution is 7.10. The third-order valence-electron chi connectivity index (χ3n) is 3.46. The topological polar surface area (TPSA) is 64.0 Å². The molecule has 3 rings (SSSR count). The predicted molar refractivity (Wildman–Crippen MR) is 101 cm³/mol. The fraction of sp³-hybridized carbons (Fsp3) is 0.118. The summed E-state index contributed by atoms with van der Waals surface area (Å²) in [7, 11) is 0. The van der Waals surface area contributed by atoms with E-state index >= 15 is 0 Å². The lowest BCUT2D eigenvalue weighted by molar-refractivity contribution is 0.102. The molecule has 3 aromatic rings. The van der Waals surface area contributed by atoms with Gasteiger partial charge >= 0.3 is 5.69 Å². The van der Waals surface area contributed by atoms with Crippen LogP contribution in [-0.4, -0.2) is 14.8 Å². The minimum atomic E-state index is -0.508. The molecule has 1 aromatic heterocycles. The molecule has 0 unspecified atom stereocenters. The van der Waals surface area contributed by atoms with Crippen LogP contribution in [0.5, 0.6) is 0 Å². The first-order chi connectivity index (χ1) is 11.9. The Kier molecular flexibility index (Phi) is 5.22. The first-order valence-corrected chi connectivity index (χ1v) is 8.86. The first-order valence-electron chi connectivity index (χ1n) is 7.33. The Morgan fingerprint density at radius 3 is 2.44 bits per heavy atom.